The van der Waals surface area contributed by atoms with Gasteiger partial charge in [-0.05, 0) is 25.2 Å². The second-order valence-electron chi connectivity index (χ2n) is 4.61. The SMILES string of the molecule is NC(=S)c1cnc(N2CC3CCC2C3)cn1. The highest BCUT2D eigenvalue weighted by Crippen LogP contribution is 2.39. The molecule has 1 saturated heterocycles. The lowest BCUT2D eigenvalue weighted by molar-refractivity contribution is 0.550. The molecule has 1 saturated carbocycles. The van der Waals surface area contributed by atoms with Gasteiger partial charge in [-0.3, -0.25) is 0 Å². The van der Waals surface area contributed by atoms with E-state index in [1.807, 2.05) is 0 Å². The van der Waals surface area contributed by atoms with E-state index in [1.54, 1.807) is 12.4 Å². The molecule has 5 heteroatoms. The minimum atomic E-state index is 0.307. The molecule has 2 heterocycles. The van der Waals surface area contributed by atoms with Crippen molar-refractivity contribution < 1.29 is 0 Å². The van der Waals surface area contributed by atoms with Crippen molar-refractivity contribution >= 4 is 23.0 Å². The maximum absolute atomic E-state index is 5.49. The number of nitrogens with zero attached hydrogens (tertiary/aromatic N) is 3. The van der Waals surface area contributed by atoms with Crippen LogP contribution < -0.4 is 10.6 Å². The summed E-state index contributed by atoms with van der Waals surface area (Å²) in [6.45, 7) is 1.13. The number of fused-ring (bicyclic) bond motifs is 2. The number of rotatable bonds is 2. The summed E-state index contributed by atoms with van der Waals surface area (Å²) in [6, 6.07) is 0.676. The third kappa shape index (κ3) is 1.55. The van der Waals surface area contributed by atoms with Gasteiger partial charge >= 0.3 is 0 Å². The summed E-state index contributed by atoms with van der Waals surface area (Å²) < 4.78 is 0. The maximum atomic E-state index is 5.49. The number of nitrogens with two attached hydrogens (primary N) is 1. The zero-order valence-corrected chi connectivity index (χ0v) is 9.78. The first-order valence-electron chi connectivity index (χ1n) is 5.62. The monoisotopic (exact) mass is 234 g/mol. The molecule has 0 radical (unpaired) electrons. The zero-order valence-electron chi connectivity index (χ0n) is 8.97. The van der Waals surface area contributed by atoms with E-state index >= 15 is 0 Å². The molecule has 84 valence electrons. The third-order valence-electron chi connectivity index (χ3n) is 3.59. The number of piperidine rings is 1. The average Bonchev–Trinajstić information content (AvgIpc) is 2.91. The molecule has 2 bridgehead atoms. The summed E-state index contributed by atoms with van der Waals surface area (Å²) in [5.41, 5.74) is 6.09. The lowest BCUT2D eigenvalue weighted by atomic mass is 10.1. The Bertz CT molecular complexity index is 416. The van der Waals surface area contributed by atoms with Crippen LogP contribution in [-0.4, -0.2) is 27.5 Å². The van der Waals surface area contributed by atoms with Crippen LogP contribution in [0.15, 0.2) is 12.4 Å². The zero-order chi connectivity index (χ0) is 11.1. The smallest absolute Gasteiger partial charge is 0.147 e. The fourth-order valence-corrected chi connectivity index (χ4v) is 2.91. The number of thiocarbonyl (C=S) groups is 1. The largest absolute Gasteiger partial charge is 0.388 e. The molecule has 3 rings (SSSR count). The van der Waals surface area contributed by atoms with Gasteiger partial charge in [0.2, 0.25) is 0 Å². The van der Waals surface area contributed by atoms with Crippen molar-refractivity contribution in [3.05, 3.63) is 18.1 Å². The Labute approximate surface area is 99.9 Å². The molecule has 1 aliphatic heterocycles. The van der Waals surface area contributed by atoms with E-state index in [-0.39, 0.29) is 0 Å². The van der Waals surface area contributed by atoms with Gasteiger partial charge in [0.15, 0.2) is 0 Å². The van der Waals surface area contributed by atoms with Gasteiger partial charge in [-0.1, -0.05) is 12.2 Å². The summed E-state index contributed by atoms with van der Waals surface area (Å²) in [7, 11) is 0. The molecule has 1 aromatic rings. The van der Waals surface area contributed by atoms with E-state index in [1.165, 1.54) is 19.3 Å². The summed E-state index contributed by atoms with van der Waals surface area (Å²) >= 11 is 4.85. The average molecular weight is 234 g/mol. The van der Waals surface area contributed by atoms with Crippen LogP contribution in [0.5, 0.6) is 0 Å². The molecular formula is C11H14N4S. The van der Waals surface area contributed by atoms with Crippen molar-refractivity contribution in [3.8, 4) is 0 Å². The summed E-state index contributed by atoms with van der Waals surface area (Å²) in [5, 5.41) is 0. The lowest BCUT2D eigenvalue weighted by Gasteiger charge is -2.27. The molecule has 2 fully saturated rings. The second-order valence-corrected chi connectivity index (χ2v) is 5.05. The van der Waals surface area contributed by atoms with E-state index < -0.39 is 0 Å². The summed E-state index contributed by atoms with van der Waals surface area (Å²) in [5.74, 6) is 1.83. The highest BCUT2D eigenvalue weighted by atomic mass is 32.1. The molecule has 1 aromatic heterocycles. The highest BCUT2D eigenvalue weighted by molar-refractivity contribution is 7.80. The van der Waals surface area contributed by atoms with Crippen LogP contribution in [0.4, 0.5) is 5.82 Å². The third-order valence-corrected chi connectivity index (χ3v) is 3.80. The minimum Gasteiger partial charge on any atom is -0.388 e. The van der Waals surface area contributed by atoms with Crippen molar-refractivity contribution in [2.24, 2.45) is 11.7 Å². The quantitative estimate of drug-likeness (QED) is 0.777. The van der Waals surface area contributed by atoms with Crippen LogP contribution in [0.1, 0.15) is 25.0 Å². The van der Waals surface area contributed by atoms with Crippen molar-refractivity contribution in [1.82, 2.24) is 9.97 Å². The van der Waals surface area contributed by atoms with Gasteiger partial charge in [-0.2, -0.15) is 0 Å². The van der Waals surface area contributed by atoms with E-state index in [0.29, 0.717) is 16.7 Å². The highest BCUT2D eigenvalue weighted by Gasteiger charge is 2.38. The van der Waals surface area contributed by atoms with Gasteiger partial charge in [0.1, 0.15) is 16.5 Å². The van der Waals surface area contributed by atoms with Crippen LogP contribution in [0.2, 0.25) is 0 Å². The van der Waals surface area contributed by atoms with Crippen molar-refractivity contribution in [3.63, 3.8) is 0 Å². The van der Waals surface area contributed by atoms with Gasteiger partial charge in [0.05, 0.1) is 12.4 Å². The van der Waals surface area contributed by atoms with Crippen LogP contribution in [-0.2, 0) is 0 Å². The predicted octanol–water partition coefficient (Wildman–Crippen LogP) is 1.10. The topological polar surface area (TPSA) is 55.0 Å². The molecule has 1 aliphatic carbocycles. The first-order valence-corrected chi connectivity index (χ1v) is 6.03. The van der Waals surface area contributed by atoms with Crippen LogP contribution in [0.3, 0.4) is 0 Å². The van der Waals surface area contributed by atoms with Crippen LogP contribution >= 0.6 is 12.2 Å². The van der Waals surface area contributed by atoms with Gasteiger partial charge in [-0.15, -0.1) is 0 Å². The van der Waals surface area contributed by atoms with Crippen molar-refractivity contribution in [2.75, 3.05) is 11.4 Å². The molecule has 2 N–H and O–H groups in total. The van der Waals surface area contributed by atoms with E-state index in [0.717, 1.165) is 18.3 Å². The Morgan fingerprint density at radius 3 is 2.75 bits per heavy atom. The molecule has 0 aromatic carbocycles. The standard InChI is InChI=1S/C11H14N4S/c12-11(16)9-4-14-10(5-13-9)15-6-7-1-2-8(15)3-7/h4-5,7-8H,1-3,6H2,(H2,12,16). The Morgan fingerprint density at radius 2 is 2.25 bits per heavy atom. The van der Waals surface area contributed by atoms with Gasteiger partial charge in [0.25, 0.3) is 0 Å². The first kappa shape index (κ1) is 9.96. The maximum Gasteiger partial charge on any atom is 0.147 e. The minimum absolute atomic E-state index is 0.307. The van der Waals surface area contributed by atoms with E-state index in [9.17, 15) is 0 Å². The second kappa shape index (κ2) is 3.66. The lowest BCUT2D eigenvalue weighted by Crippen LogP contribution is -2.32. The van der Waals surface area contributed by atoms with Gasteiger partial charge < -0.3 is 10.6 Å². The van der Waals surface area contributed by atoms with Gasteiger partial charge in [0, 0.05) is 12.6 Å². The van der Waals surface area contributed by atoms with Crippen LogP contribution in [0.25, 0.3) is 0 Å². The number of hydrogen-bond acceptors (Lipinski definition) is 4. The first-order chi connectivity index (χ1) is 7.74. The van der Waals surface area contributed by atoms with Crippen LogP contribution in [0, 0.1) is 5.92 Å². The van der Waals surface area contributed by atoms with E-state index in [2.05, 4.69) is 14.9 Å². The number of aromatic nitrogens is 2. The molecule has 16 heavy (non-hydrogen) atoms. The summed E-state index contributed by atoms with van der Waals surface area (Å²) in [4.78, 5) is 11.3. The Balaban J connectivity index is 1.82. The predicted molar refractivity (Wildman–Crippen MR) is 66.4 cm³/mol. The molecule has 0 amide bonds. The fraction of sp³-hybridized carbons (Fsp3) is 0.545. The number of anilines is 1. The molecular weight excluding hydrogens is 220 g/mol. The fourth-order valence-electron chi connectivity index (χ4n) is 2.80. The van der Waals surface area contributed by atoms with Crippen molar-refractivity contribution in [2.45, 2.75) is 25.3 Å². The Hall–Kier alpha value is -1.23. The molecule has 2 aliphatic rings. The number of hydrogen-bond donors (Lipinski definition) is 1. The molecule has 0 spiro atoms. The summed E-state index contributed by atoms with van der Waals surface area (Å²) in [6.07, 6.45) is 7.44. The normalized spacial score (nSPS) is 27.4. The van der Waals surface area contributed by atoms with Crippen molar-refractivity contribution in [1.29, 1.82) is 0 Å². The molecule has 4 nitrogen and oxygen atoms in total. The molecule has 2 unspecified atom stereocenters. The Kier molecular flexibility index (Phi) is 2.28. The van der Waals surface area contributed by atoms with Gasteiger partial charge in [-0.25, -0.2) is 9.97 Å². The molecule has 2 atom stereocenters. The Morgan fingerprint density at radius 1 is 1.38 bits per heavy atom. The van der Waals surface area contributed by atoms with E-state index in [4.69, 9.17) is 18.0 Å².